The summed E-state index contributed by atoms with van der Waals surface area (Å²) in [6.45, 7) is 13.7. The van der Waals surface area contributed by atoms with E-state index in [1.807, 2.05) is 19.0 Å². The zero-order valence-electron chi connectivity index (χ0n) is 43.5. The molecule has 1 heterocycles. The predicted octanol–water partition coefficient (Wildman–Crippen LogP) is 14.5. The van der Waals surface area contributed by atoms with Crippen LogP contribution in [0.2, 0.25) is 0 Å². The van der Waals surface area contributed by atoms with Gasteiger partial charge < -0.3 is 23.9 Å². The number of rotatable bonds is 43. The zero-order valence-corrected chi connectivity index (χ0v) is 43.5. The van der Waals surface area contributed by atoms with Crippen molar-refractivity contribution in [3.8, 4) is 0 Å². The molecule has 64 heavy (non-hydrogen) atoms. The summed E-state index contributed by atoms with van der Waals surface area (Å²) in [5, 5.41) is 0. The quantitative estimate of drug-likeness (QED) is 0.0336. The third-order valence-corrected chi connectivity index (χ3v) is 12.8. The van der Waals surface area contributed by atoms with Gasteiger partial charge in [-0.2, -0.15) is 0 Å². The molecule has 0 amide bonds. The van der Waals surface area contributed by atoms with Crippen LogP contribution in [0, 0.1) is 5.92 Å². The monoisotopic (exact) mass is 907 g/mol. The Kier molecular flexibility index (Phi) is 44.7. The van der Waals surface area contributed by atoms with Gasteiger partial charge in [0.2, 0.25) is 0 Å². The van der Waals surface area contributed by atoms with Gasteiger partial charge in [-0.25, -0.2) is 0 Å². The number of likely N-dealkylation sites (tertiary alicyclic amines) is 1. The van der Waals surface area contributed by atoms with Crippen LogP contribution < -0.4 is 0 Å². The smallest absolute Gasteiger partial charge is 0.323 e. The van der Waals surface area contributed by atoms with Crippen LogP contribution in [0.5, 0.6) is 0 Å². The number of ether oxygens (including phenoxy) is 3. The molecule has 0 bridgehead atoms. The Balaban J connectivity index is 0.00000184. The second kappa shape index (κ2) is 46.1. The number of ketones is 1. The molecule has 0 aromatic rings. The fourth-order valence-electron chi connectivity index (χ4n) is 8.57. The molecule has 378 valence electrons. The number of piperidine rings is 1. The van der Waals surface area contributed by atoms with Crippen molar-refractivity contribution in [2.75, 3.05) is 46.9 Å². The number of hydrogen-bond acceptors (Lipinski definition) is 9. The Bertz CT molecular complexity index is 1070. The van der Waals surface area contributed by atoms with Gasteiger partial charge in [0, 0.05) is 25.9 Å². The molecule has 0 saturated carbocycles. The van der Waals surface area contributed by atoms with E-state index in [0.717, 1.165) is 70.1 Å². The highest BCUT2D eigenvalue weighted by Gasteiger charge is 2.35. The molecule has 0 aromatic heterocycles. The lowest BCUT2D eigenvalue weighted by Crippen LogP contribution is -2.51. The first-order valence-corrected chi connectivity index (χ1v) is 27.4. The Morgan fingerprint density at radius 2 is 0.984 bits per heavy atom. The zero-order chi connectivity index (χ0) is 47.3. The summed E-state index contributed by atoms with van der Waals surface area (Å²) in [5.74, 6) is 0.682. The van der Waals surface area contributed by atoms with Crippen LogP contribution in [0.3, 0.4) is 0 Å². The first-order chi connectivity index (χ1) is 31.0. The van der Waals surface area contributed by atoms with E-state index in [4.69, 9.17) is 14.2 Å². The average molecular weight is 907 g/mol. The first-order valence-electron chi connectivity index (χ1n) is 27.4. The second-order valence-corrected chi connectivity index (χ2v) is 19.7. The highest BCUT2D eigenvalue weighted by atomic mass is 16.5. The van der Waals surface area contributed by atoms with Crippen LogP contribution in [0.25, 0.3) is 0 Å². The number of nitrogens with zero attached hydrogens (tertiary/aromatic N) is 2. The molecule has 1 fully saturated rings. The lowest BCUT2D eigenvalue weighted by atomic mass is 9.96. The predicted molar refractivity (Wildman–Crippen MR) is 269 cm³/mol. The molecule has 0 aromatic carbocycles. The average Bonchev–Trinajstić information content (AvgIpc) is 3.27. The van der Waals surface area contributed by atoms with Gasteiger partial charge in [0.1, 0.15) is 17.9 Å². The largest absolute Gasteiger partial charge is 0.466 e. The Hall–Kier alpha value is -2.00. The minimum atomic E-state index is -0.339. The van der Waals surface area contributed by atoms with Crippen molar-refractivity contribution < 1.29 is 33.4 Å². The molecule has 0 radical (unpaired) electrons. The summed E-state index contributed by atoms with van der Waals surface area (Å²) in [5.41, 5.74) is 0. The fraction of sp³-hybridized carbons (Fsp3) is 0.927. The molecule has 9 nitrogen and oxygen atoms in total. The molecule has 9 heteroatoms. The van der Waals surface area contributed by atoms with E-state index >= 15 is 0 Å². The maximum absolute atomic E-state index is 13.1. The minimum Gasteiger partial charge on any atom is -0.466 e. The molecule has 1 aliphatic heterocycles. The highest BCUT2D eigenvalue weighted by Crippen LogP contribution is 2.23. The SMILES string of the molecule is CCCCCCCCC(C)CCCCCCCC.CCCCCCCCCCCOC(=O)CCCCCN1CC(OC(=O)CCN(C)C)CCC1C(=O)OCCCCCCCC(C)=O. The number of hydrogen-bond donors (Lipinski definition) is 0. The van der Waals surface area contributed by atoms with Gasteiger partial charge in [0.15, 0.2) is 0 Å². The summed E-state index contributed by atoms with van der Waals surface area (Å²) in [4.78, 5) is 52.8. The van der Waals surface area contributed by atoms with E-state index in [9.17, 15) is 19.2 Å². The number of carbonyl (C=O) groups excluding carboxylic acids is 4. The summed E-state index contributed by atoms with van der Waals surface area (Å²) in [6, 6.07) is -0.339. The molecule has 0 N–H and O–H groups in total. The topological polar surface area (TPSA) is 102 Å². The van der Waals surface area contributed by atoms with Crippen LogP contribution in [0.15, 0.2) is 0 Å². The number of carbonyl (C=O) groups is 4. The summed E-state index contributed by atoms with van der Waals surface area (Å²) in [6.07, 6.45) is 41.1. The van der Waals surface area contributed by atoms with E-state index in [-0.39, 0.29) is 35.8 Å². The van der Waals surface area contributed by atoms with Crippen molar-refractivity contribution in [3.63, 3.8) is 0 Å². The normalized spacial score (nSPS) is 15.3. The van der Waals surface area contributed by atoms with Gasteiger partial charge >= 0.3 is 17.9 Å². The van der Waals surface area contributed by atoms with Gasteiger partial charge in [-0.1, -0.05) is 195 Å². The van der Waals surface area contributed by atoms with Gasteiger partial charge in [0.25, 0.3) is 0 Å². The summed E-state index contributed by atoms with van der Waals surface area (Å²) < 4.78 is 16.9. The summed E-state index contributed by atoms with van der Waals surface area (Å²) >= 11 is 0. The minimum absolute atomic E-state index is 0.123. The van der Waals surface area contributed by atoms with Gasteiger partial charge in [-0.15, -0.1) is 0 Å². The van der Waals surface area contributed by atoms with Crippen LogP contribution in [-0.4, -0.2) is 92.6 Å². The van der Waals surface area contributed by atoms with Crippen molar-refractivity contribution in [3.05, 3.63) is 0 Å². The van der Waals surface area contributed by atoms with Crippen molar-refractivity contribution in [1.29, 1.82) is 0 Å². The van der Waals surface area contributed by atoms with E-state index in [2.05, 4.69) is 32.6 Å². The molecule has 2 unspecified atom stereocenters. The molecule has 0 spiro atoms. The standard InChI is InChI=1S/C37H68N2O7.C18H38/c1-5-6-7-8-9-10-11-14-20-29-44-35(41)23-18-16-19-27-39-31-33(46-36(42)26-28-38(3)4)24-25-34(39)37(43)45-30-21-15-12-13-17-22-32(2)40;1-4-6-8-10-12-14-16-18(3)17-15-13-11-9-7-5-2/h33-34H,5-31H2,1-4H3;18H,4-17H2,1-3H3. The van der Waals surface area contributed by atoms with Crippen LogP contribution in [-0.2, 0) is 33.4 Å². The van der Waals surface area contributed by atoms with E-state index in [1.54, 1.807) is 6.92 Å². The lowest BCUT2D eigenvalue weighted by Gasteiger charge is -2.38. The van der Waals surface area contributed by atoms with Crippen molar-refractivity contribution in [2.45, 2.75) is 278 Å². The highest BCUT2D eigenvalue weighted by molar-refractivity contribution is 5.76. The van der Waals surface area contributed by atoms with Gasteiger partial charge in [-0.05, 0) is 78.4 Å². The molecular weight excluding hydrogens is 801 g/mol. The first kappa shape index (κ1) is 62.0. The van der Waals surface area contributed by atoms with E-state index in [0.29, 0.717) is 65.0 Å². The summed E-state index contributed by atoms with van der Waals surface area (Å²) in [7, 11) is 3.86. The van der Waals surface area contributed by atoms with Crippen molar-refractivity contribution in [1.82, 2.24) is 9.80 Å². The third kappa shape index (κ3) is 41.4. The maximum atomic E-state index is 13.1. The van der Waals surface area contributed by atoms with Crippen LogP contribution >= 0.6 is 0 Å². The van der Waals surface area contributed by atoms with Crippen LogP contribution in [0.1, 0.15) is 266 Å². The second-order valence-electron chi connectivity index (χ2n) is 19.7. The molecule has 1 saturated heterocycles. The van der Waals surface area contributed by atoms with E-state index < -0.39 is 0 Å². The molecule has 2 atom stereocenters. The Morgan fingerprint density at radius 3 is 1.50 bits per heavy atom. The third-order valence-electron chi connectivity index (χ3n) is 12.8. The fourth-order valence-corrected chi connectivity index (χ4v) is 8.57. The van der Waals surface area contributed by atoms with Crippen molar-refractivity contribution >= 4 is 23.7 Å². The number of Topliss-reactive ketones (excluding diaryl/α,β-unsaturated/α-hetero) is 1. The van der Waals surface area contributed by atoms with Gasteiger partial charge in [-0.3, -0.25) is 19.3 Å². The van der Waals surface area contributed by atoms with Crippen molar-refractivity contribution in [2.24, 2.45) is 5.92 Å². The van der Waals surface area contributed by atoms with Crippen LogP contribution in [0.4, 0.5) is 0 Å². The maximum Gasteiger partial charge on any atom is 0.323 e. The molecule has 1 rings (SSSR count). The van der Waals surface area contributed by atoms with E-state index in [1.165, 1.54) is 135 Å². The Morgan fingerprint density at radius 1 is 0.531 bits per heavy atom. The molecular formula is C55H106N2O7. The molecule has 0 aliphatic carbocycles. The number of esters is 3. The van der Waals surface area contributed by atoms with Gasteiger partial charge in [0.05, 0.1) is 19.6 Å². The lowest BCUT2D eigenvalue weighted by molar-refractivity contribution is -0.159. The molecule has 1 aliphatic rings. The number of unbranched alkanes of at least 4 members (excludes halogenated alkanes) is 24. The Labute approximate surface area is 396 Å².